The highest BCUT2D eigenvalue weighted by atomic mass is 32.1. The minimum atomic E-state index is 0.425. The molecule has 0 amide bonds. The van der Waals surface area contributed by atoms with Crippen molar-refractivity contribution in [2.45, 2.75) is 52.1 Å². The lowest BCUT2D eigenvalue weighted by atomic mass is 10.1. The van der Waals surface area contributed by atoms with Crippen LogP contribution in [0.1, 0.15) is 42.7 Å². The molecule has 0 bridgehead atoms. The summed E-state index contributed by atoms with van der Waals surface area (Å²) in [5.41, 5.74) is 1.11. The Morgan fingerprint density at radius 3 is 3.00 bits per heavy atom. The van der Waals surface area contributed by atoms with Crippen LogP contribution in [0.25, 0.3) is 0 Å². The van der Waals surface area contributed by atoms with Crippen molar-refractivity contribution in [3.05, 3.63) is 22.7 Å². The SMILES string of the molecule is Cc1cn2c(n1)CCC(Nc1nnc(C(C)C)s1)C2. The zero-order valence-corrected chi connectivity index (χ0v) is 12.4. The lowest BCUT2D eigenvalue weighted by Gasteiger charge is -2.24. The van der Waals surface area contributed by atoms with Gasteiger partial charge < -0.3 is 9.88 Å². The molecular formula is C13H19N5S. The van der Waals surface area contributed by atoms with Gasteiger partial charge >= 0.3 is 0 Å². The minimum Gasteiger partial charge on any atom is -0.356 e. The average Bonchev–Trinajstić information content (AvgIpc) is 2.94. The molecule has 5 nitrogen and oxygen atoms in total. The number of nitrogens with one attached hydrogen (secondary N) is 1. The topological polar surface area (TPSA) is 55.6 Å². The van der Waals surface area contributed by atoms with Gasteiger partial charge in [-0.15, -0.1) is 10.2 Å². The minimum absolute atomic E-state index is 0.425. The largest absolute Gasteiger partial charge is 0.356 e. The predicted molar refractivity (Wildman–Crippen MR) is 76.7 cm³/mol. The van der Waals surface area contributed by atoms with E-state index in [0.29, 0.717) is 12.0 Å². The van der Waals surface area contributed by atoms with Gasteiger partial charge in [0.2, 0.25) is 5.13 Å². The van der Waals surface area contributed by atoms with Crippen LogP contribution in [0.5, 0.6) is 0 Å². The fourth-order valence-electron chi connectivity index (χ4n) is 2.40. The Labute approximate surface area is 117 Å². The van der Waals surface area contributed by atoms with Gasteiger partial charge in [-0.1, -0.05) is 25.2 Å². The van der Waals surface area contributed by atoms with Gasteiger partial charge in [0.1, 0.15) is 10.8 Å². The number of nitrogens with zero attached hydrogens (tertiary/aromatic N) is 4. The van der Waals surface area contributed by atoms with Gasteiger partial charge in [0.15, 0.2) is 0 Å². The summed E-state index contributed by atoms with van der Waals surface area (Å²) < 4.78 is 2.25. The second-order valence-electron chi connectivity index (χ2n) is 5.43. The van der Waals surface area contributed by atoms with Gasteiger partial charge in [0.25, 0.3) is 0 Å². The van der Waals surface area contributed by atoms with Crippen LogP contribution in [-0.2, 0) is 13.0 Å². The summed E-state index contributed by atoms with van der Waals surface area (Å²) in [6.45, 7) is 7.30. The highest BCUT2D eigenvalue weighted by Gasteiger charge is 2.20. The summed E-state index contributed by atoms with van der Waals surface area (Å²) in [5.74, 6) is 1.65. The van der Waals surface area contributed by atoms with Gasteiger partial charge in [0.05, 0.1) is 5.69 Å². The van der Waals surface area contributed by atoms with Crippen molar-refractivity contribution in [1.29, 1.82) is 0 Å². The molecule has 1 aliphatic heterocycles. The summed E-state index contributed by atoms with van der Waals surface area (Å²) >= 11 is 1.66. The molecule has 1 unspecified atom stereocenters. The van der Waals surface area contributed by atoms with E-state index in [1.165, 1.54) is 5.82 Å². The molecule has 0 aliphatic carbocycles. The second-order valence-corrected chi connectivity index (χ2v) is 6.44. The standard InChI is InChI=1S/C13H19N5S/c1-8(2)12-16-17-13(19-12)15-10-4-5-11-14-9(3)6-18(11)7-10/h6,8,10H,4-5,7H2,1-3H3,(H,15,17). The molecule has 0 radical (unpaired) electrons. The van der Waals surface area contributed by atoms with E-state index in [-0.39, 0.29) is 0 Å². The maximum Gasteiger partial charge on any atom is 0.205 e. The molecule has 2 aromatic rings. The molecule has 19 heavy (non-hydrogen) atoms. The van der Waals surface area contributed by atoms with Crippen molar-refractivity contribution in [3.8, 4) is 0 Å². The average molecular weight is 277 g/mol. The van der Waals surface area contributed by atoms with E-state index in [1.807, 2.05) is 6.92 Å². The predicted octanol–water partition coefficient (Wildman–Crippen LogP) is 2.59. The highest BCUT2D eigenvalue weighted by Crippen LogP contribution is 2.25. The third kappa shape index (κ3) is 2.63. The zero-order valence-electron chi connectivity index (χ0n) is 11.6. The third-order valence-electron chi connectivity index (χ3n) is 3.38. The molecule has 6 heteroatoms. The van der Waals surface area contributed by atoms with Crippen molar-refractivity contribution < 1.29 is 0 Å². The van der Waals surface area contributed by atoms with E-state index >= 15 is 0 Å². The summed E-state index contributed by atoms with van der Waals surface area (Å²) in [5, 5.41) is 14.0. The molecule has 0 saturated carbocycles. The van der Waals surface area contributed by atoms with Gasteiger partial charge in [0, 0.05) is 31.1 Å². The molecule has 0 spiro atoms. The fourth-order valence-corrected chi connectivity index (χ4v) is 3.23. The Morgan fingerprint density at radius 1 is 1.42 bits per heavy atom. The Bertz CT molecular complexity index is 571. The number of rotatable bonds is 3. The lowest BCUT2D eigenvalue weighted by Crippen LogP contribution is -2.31. The van der Waals surface area contributed by atoms with Gasteiger partial charge in [-0.2, -0.15) is 0 Å². The van der Waals surface area contributed by atoms with Crippen LogP contribution < -0.4 is 5.32 Å². The molecule has 3 heterocycles. The monoisotopic (exact) mass is 277 g/mol. The van der Waals surface area contributed by atoms with Crippen LogP contribution in [-0.4, -0.2) is 25.8 Å². The van der Waals surface area contributed by atoms with Crippen molar-refractivity contribution in [3.63, 3.8) is 0 Å². The molecule has 0 saturated heterocycles. The maximum absolute atomic E-state index is 4.53. The number of fused-ring (bicyclic) bond motifs is 1. The lowest BCUT2D eigenvalue weighted by molar-refractivity contribution is 0.476. The van der Waals surface area contributed by atoms with Crippen LogP contribution in [0.4, 0.5) is 5.13 Å². The van der Waals surface area contributed by atoms with E-state index in [1.54, 1.807) is 11.3 Å². The molecule has 102 valence electrons. The molecule has 1 N–H and O–H groups in total. The molecule has 1 atom stereocenters. The van der Waals surface area contributed by atoms with Gasteiger partial charge in [-0.3, -0.25) is 0 Å². The Hall–Kier alpha value is -1.43. The quantitative estimate of drug-likeness (QED) is 0.937. The first-order valence-corrected chi connectivity index (χ1v) is 7.56. The first-order chi connectivity index (χ1) is 9.11. The van der Waals surface area contributed by atoms with Crippen molar-refractivity contribution >= 4 is 16.5 Å². The number of aromatic nitrogens is 4. The molecule has 2 aromatic heterocycles. The highest BCUT2D eigenvalue weighted by molar-refractivity contribution is 7.15. The van der Waals surface area contributed by atoms with Crippen molar-refractivity contribution in [1.82, 2.24) is 19.7 Å². The molecule has 1 aliphatic rings. The van der Waals surface area contributed by atoms with E-state index in [9.17, 15) is 0 Å². The maximum atomic E-state index is 4.53. The van der Waals surface area contributed by atoms with Gasteiger partial charge in [-0.25, -0.2) is 4.98 Å². The number of anilines is 1. The Morgan fingerprint density at radius 2 is 2.26 bits per heavy atom. The van der Waals surface area contributed by atoms with Crippen LogP contribution in [0.3, 0.4) is 0 Å². The third-order valence-corrected chi connectivity index (χ3v) is 4.53. The van der Waals surface area contributed by atoms with E-state index in [4.69, 9.17) is 0 Å². The number of imidazole rings is 1. The van der Waals surface area contributed by atoms with Crippen molar-refractivity contribution in [2.24, 2.45) is 0 Å². The summed E-state index contributed by atoms with van der Waals surface area (Å²) in [4.78, 5) is 4.53. The van der Waals surface area contributed by atoms with Crippen LogP contribution in [0, 0.1) is 6.92 Å². The molecule has 0 aromatic carbocycles. The molecular weight excluding hydrogens is 258 g/mol. The molecule has 0 fully saturated rings. The zero-order chi connectivity index (χ0) is 13.4. The summed E-state index contributed by atoms with van der Waals surface area (Å²) in [6.07, 6.45) is 4.26. The number of aryl methyl sites for hydroxylation is 2. The first kappa shape index (κ1) is 12.6. The van der Waals surface area contributed by atoms with E-state index < -0.39 is 0 Å². The number of hydrogen-bond acceptors (Lipinski definition) is 5. The number of hydrogen-bond donors (Lipinski definition) is 1. The fraction of sp³-hybridized carbons (Fsp3) is 0.615. The summed E-state index contributed by atoms with van der Waals surface area (Å²) in [7, 11) is 0. The second kappa shape index (κ2) is 4.92. The Kier molecular flexibility index (Phi) is 3.26. The van der Waals surface area contributed by atoms with Crippen LogP contribution in [0.15, 0.2) is 6.20 Å². The van der Waals surface area contributed by atoms with Crippen molar-refractivity contribution in [2.75, 3.05) is 5.32 Å². The molecule has 3 rings (SSSR count). The van der Waals surface area contributed by atoms with E-state index in [0.717, 1.165) is 35.2 Å². The van der Waals surface area contributed by atoms with E-state index in [2.05, 4.69) is 45.1 Å². The van der Waals surface area contributed by atoms with Crippen LogP contribution in [0.2, 0.25) is 0 Å². The van der Waals surface area contributed by atoms with Crippen LogP contribution >= 0.6 is 11.3 Å². The smallest absolute Gasteiger partial charge is 0.205 e. The Balaban J connectivity index is 1.68. The first-order valence-electron chi connectivity index (χ1n) is 6.74. The summed E-state index contributed by atoms with van der Waals surface area (Å²) in [6, 6.07) is 0.425. The normalized spacial score (nSPS) is 18.6. The van der Waals surface area contributed by atoms with Gasteiger partial charge in [-0.05, 0) is 13.3 Å².